The van der Waals surface area contributed by atoms with Gasteiger partial charge in [0, 0.05) is 21.7 Å². The van der Waals surface area contributed by atoms with Crippen molar-refractivity contribution < 1.29 is 13.2 Å². The van der Waals surface area contributed by atoms with E-state index in [0.717, 1.165) is 21.8 Å². The quantitative estimate of drug-likeness (QED) is 0.880. The molecule has 0 unspecified atom stereocenters. The largest absolute Gasteiger partial charge is 0.497 e. The van der Waals surface area contributed by atoms with Crippen LogP contribution in [-0.2, 0) is 9.84 Å². The third kappa shape index (κ3) is 3.46. The number of nitrogens with two attached hydrogens (primary N) is 1. The summed E-state index contributed by atoms with van der Waals surface area (Å²) in [5, 5.41) is 0. The Morgan fingerprint density at radius 3 is 2.50 bits per heavy atom. The topological polar surface area (TPSA) is 69.4 Å². The van der Waals surface area contributed by atoms with Gasteiger partial charge in [0.25, 0.3) is 0 Å². The number of sulfone groups is 1. The van der Waals surface area contributed by atoms with Crippen molar-refractivity contribution in [1.29, 1.82) is 0 Å². The summed E-state index contributed by atoms with van der Waals surface area (Å²) in [5.41, 5.74) is 6.37. The summed E-state index contributed by atoms with van der Waals surface area (Å²) in [6.45, 7) is 0. The molecule has 0 aliphatic heterocycles. The number of methoxy groups -OCH3 is 1. The van der Waals surface area contributed by atoms with Gasteiger partial charge in [0.05, 0.1) is 12.0 Å². The number of hydrogen-bond donors (Lipinski definition) is 1. The van der Waals surface area contributed by atoms with Crippen LogP contribution in [-0.4, -0.2) is 21.8 Å². The summed E-state index contributed by atoms with van der Waals surface area (Å²) in [4.78, 5) is 2.01. The Hall–Kier alpha value is -1.66. The van der Waals surface area contributed by atoms with Crippen LogP contribution >= 0.6 is 11.8 Å². The van der Waals surface area contributed by atoms with Gasteiger partial charge in [0.15, 0.2) is 9.84 Å². The van der Waals surface area contributed by atoms with E-state index in [1.807, 2.05) is 24.3 Å². The number of nitrogen functional groups attached to an aromatic ring is 1. The number of hydrogen-bond acceptors (Lipinski definition) is 5. The normalized spacial score (nSPS) is 11.3. The maximum absolute atomic E-state index is 11.5. The van der Waals surface area contributed by atoms with Gasteiger partial charge in [-0.05, 0) is 36.4 Å². The second-order valence-corrected chi connectivity index (χ2v) is 7.38. The highest BCUT2D eigenvalue weighted by Crippen LogP contribution is 2.34. The lowest BCUT2D eigenvalue weighted by atomic mass is 10.3. The van der Waals surface area contributed by atoms with Gasteiger partial charge in [-0.3, -0.25) is 0 Å². The molecule has 0 aliphatic carbocycles. The summed E-state index contributed by atoms with van der Waals surface area (Å²) >= 11 is 1.46. The second-order valence-electron chi connectivity index (χ2n) is 4.25. The smallest absolute Gasteiger partial charge is 0.175 e. The molecule has 0 bridgehead atoms. The van der Waals surface area contributed by atoms with Crippen LogP contribution in [0.3, 0.4) is 0 Å². The van der Waals surface area contributed by atoms with E-state index in [1.54, 1.807) is 19.2 Å². The first-order chi connectivity index (χ1) is 9.40. The third-order valence-corrected chi connectivity index (χ3v) is 4.87. The van der Waals surface area contributed by atoms with E-state index in [9.17, 15) is 8.42 Å². The molecule has 2 rings (SSSR count). The van der Waals surface area contributed by atoms with Gasteiger partial charge in [-0.25, -0.2) is 8.42 Å². The minimum atomic E-state index is -3.23. The van der Waals surface area contributed by atoms with Crippen molar-refractivity contribution in [1.82, 2.24) is 0 Å². The standard InChI is InChI=1S/C14H15NO3S2/c1-18-10-4-3-5-11(8-10)19-14-7-6-12(9-13(14)15)20(2,16)17/h3-9H,15H2,1-2H3. The summed E-state index contributed by atoms with van der Waals surface area (Å²) in [5.74, 6) is 0.765. The Kier molecular flexibility index (Phi) is 4.25. The van der Waals surface area contributed by atoms with Crippen molar-refractivity contribution in [2.45, 2.75) is 14.7 Å². The van der Waals surface area contributed by atoms with Crippen LogP contribution in [0.2, 0.25) is 0 Å². The number of rotatable bonds is 4. The highest BCUT2D eigenvalue weighted by Gasteiger charge is 2.10. The van der Waals surface area contributed by atoms with Gasteiger partial charge in [0.1, 0.15) is 5.75 Å². The Morgan fingerprint density at radius 2 is 1.90 bits per heavy atom. The van der Waals surface area contributed by atoms with Crippen LogP contribution in [0, 0.1) is 0 Å². The minimum absolute atomic E-state index is 0.227. The summed E-state index contributed by atoms with van der Waals surface area (Å²) in [6.07, 6.45) is 1.16. The zero-order chi connectivity index (χ0) is 14.8. The molecule has 0 aliphatic rings. The lowest BCUT2D eigenvalue weighted by Crippen LogP contribution is -1.99. The molecule has 0 amide bonds. The Balaban J connectivity index is 2.30. The van der Waals surface area contributed by atoms with Crippen LogP contribution in [0.5, 0.6) is 5.75 Å². The van der Waals surface area contributed by atoms with Gasteiger partial charge in [-0.15, -0.1) is 0 Å². The molecule has 4 nitrogen and oxygen atoms in total. The molecular formula is C14H15NO3S2. The summed E-state index contributed by atoms with van der Waals surface area (Å²) in [7, 11) is -1.62. The van der Waals surface area contributed by atoms with Crippen molar-refractivity contribution >= 4 is 27.3 Å². The Labute approximate surface area is 122 Å². The van der Waals surface area contributed by atoms with Crippen molar-refractivity contribution in [2.75, 3.05) is 19.1 Å². The molecule has 6 heteroatoms. The first-order valence-corrected chi connectivity index (χ1v) is 8.52. The number of anilines is 1. The predicted octanol–water partition coefficient (Wildman–Crippen LogP) is 2.83. The van der Waals surface area contributed by atoms with E-state index in [2.05, 4.69) is 0 Å². The van der Waals surface area contributed by atoms with E-state index in [-0.39, 0.29) is 4.90 Å². The molecule has 2 aromatic rings. The van der Waals surface area contributed by atoms with Crippen LogP contribution in [0.15, 0.2) is 57.2 Å². The first-order valence-electron chi connectivity index (χ1n) is 5.81. The van der Waals surface area contributed by atoms with Crippen LogP contribution in [0.4, 0.5) is 5.69 Å². The van der Waals surface area contributed by atoms with Gasteiger partial charge in [0.2, 0.25) is 0 Å². The molecule has 20 heavy (non-hydrogen) atoms. The minimum Gasteiger partial charge on any atom is -0.497 e. The third-order valence-electron chi connectivity index (χ3n) is 2.68. The van der Waals surface area contributed by atoms with Crippen LogP contribution < -0.4 is 10.5 Å². The maximum atomic E-state index is 11.5. The van der Waals surface area contributed by atoms with E-state index in [0.29, 0.717) is 5.69 Å². The molecule has 0 atom stereocenters. The first kappa shape index (κ1) is 14.7. The predicted molar refractivity (Wildman–Crippen MR) is 81.1 cm³/mol. The highest BCUT2D eigenvalue weighted by molar-refractivity contribution is 7.99. The van der Waals surface area contributed by atoms with E-state index >= 15 is 0 Å². The Morgan fingerprint density at radius 1 is 1.15 bits per heavy atom. The van der Waals surface area contributed by atoms with Crippen LogP contribution in [0.1, 0.15) is 0 Å². The molecule has 2 aromatic carbocycles. The SMILES string of the molecule is COc1cccc(Sc2ccc(S(C)(=O)=O)cc2N)c1. The number of ether oxygens (including phenoxy) is 1. The molecule has 0 fully saturated rings. The molecule has 106 valence electrons. The lowest BCUT2D eigenvalue weighted by Gasteiger charge is -2.08. The van der Waals surface area contributed by atoms with E-state index < -0.39 is 9.84 Å². The summed E-state index contributed by atoms with van der Waals surface area (Å²) < 4.78 is 28.1. The Bertz CT molecular complexity index is 727. The summed E-state index contributed by atoms with van der Waals surface area (Å²) in [6, 6.07) is 12.4. The molecule has 0 saturated carbocycles. The average molecular weight is 309 g/mol. The fourth-order valence-corrected chi connectivity index (χ4v) is 3.19. The molecule has 0 saturated heterocycles. The fraction of sp³-hybridized carbons (Fsp3) is 0.143. The monoisotopic (exact) mass is 309 g/mol. The molecule has 0 aromatic heterocycles. The molecule has 2 N–H and O–H groups in total. The zero-order valence-electron chi connectivity index (χ0n) is 11.2. The average Bonchev–Trinajstić information content (AvgIpc) is 2.40. The molecule has 0 radical (unpaired) electrons. The van der Waals surface area contributed by atoms with E-state index in [4.69, 9.17) is 10.5 Å². The van der Waals surface area contributed by atoms with Crippen molar-refractivity contribution in [3.63, 3.8) is 0 Å². The molecule has 0 heterocycles. The second kappa shape index (κ2) is 5.76. The van der Waals surface area contributed by atoms with E-state index in [1.165, 1.54) is 17.8 Å². The van der Waals surface area contributed by atoms with Gasteiger partial charge in [-0.2, -0.15) is 0 Å². The lowest BCUT2D eigenvalue weighted by molar-refractivity contribution is 0.413. The van der Waals surface area contributed by atoms with Crippen LogP contribution in [0.25, 0.3) is 0 Å². The van der Waals surface area contributed by atoms with Gasteiger partial charge in [-0.1, -0.05) is 17.8 Å². The van der Waals surface area contributed by atoms with Gasteiger partial charge < -0.3 is 10.5 Å². The van der Waals surface area contributed by atoms with Gasteiger partial charge >= 0.3 is 0 Å². The zero-order valence-corrected chi connectivity index (χ0v) is 12.8. The number of benzene rings is 2. The van der Waals surface area contributed by atoms with Crippen molar-refractivity contribution in [2.24, 2.45) is 0 Å². The van der Waals surface area contributed by atoms with Crippen molar-refractivity contribution in [3.05, 3.63) is 42.5 Å². The van der Waals surface area contributed by atoms with Crippen molar-refractivity contribution in [3.8, 4) is 5.75 Å². The fourth-order valence-electron chi connectivity index (χ4n) is 1.64. The maximum Gasteiger partial charge on any atom is 0.175 e. The molecule has 0 spiro atoms. The highest BCUT2D eigenvalue weighted by atomic mass is 32.2. The molecular weight excluding hydrogens is 294 g/mol.